The largest absolute Gasteiger partial charge is 0.352 e. The lowest BCUT2D eigenvalue weighted by Crippen LogP contribution is -2.37. The standard InChI is InChI=1S/C25H26BrClN2O/c1-29(2,3)10-4-9-28-25(30)24-22-8-6-20(26)13-19(22)15-23(24)18-11-16-5-7-21(27)14-17(16)12-18/h5-8,12-14H,4,9-11,15H2,1-3H3/p+1. The topological polar surface area (TPSA) is 29.1 Å². The molecule has 0 saturated carbocycles. The summed E-state index contributed by atoms with van der Waals surface area (Å²) in [5.74, 6) is 0.0300. The molecular formula is C25H27BrClN2O+. The summed E-state index contributed by atoms with van der Waals surface area (Å²) >= 11 is 9.77. The second kappa shape index (κ2) is 8.33. The van der Waals surface area contributed by atoms with Crippen LogP contribution in [0.15, 0.2) is 52.0 Å². The van der Waals surface area contributed by atoms with E-state index < -0.39 is 0 Å². The summed E-state index contributed by atoms with van der Waals surface area (Å²) in [5, 5.41) is 3.91. The molecule has 0 atom stereocenters. The first-order valence-electron chi connectivity index (χ1n) is 10.3. The first kappa shape index (κ1) is 21.4. The van der Waals surface area contributed by atoms with Crippen LogP contribution in [0.3, 0.4) is 0 Å². The fourth-order valence-corrected chi connectivity index (χ4v) is 4.86. The Hall–Kier alpha value is -1.88. The number of nitrogens with zero attached hydrogens (tertiary/aromatic N) is 1. The lowest BCUT2D eigenvalue weighted by atomic mass is 9.98. The number of quaternary nitrogens is 1. The van der Waals surface area contributed by atoms with Gasteiger partial charge >= 0.3 is 0 Å². The predicted molar refractivity (Wildman–Crippen MR) is 128 cm³/mol. The Morgan fingerprint density at radius 3 is 2.67 bits per heavy atom. The number of nitrogens with one attached hydrogen (secondary N) is 1. The molecule has 5 heteroatoms. The van der Waals surface area contributed by atoms with Crippen LogP contribution in [0.5, 0.6) is 0 Å². The summed E-state index contributed by atoms with van der Waals surface area (Å²) in [6.07, 6.45) is 4.78. The molecule has 30 heavy (non-hydrogen) atoms. The van der Waals surface area contributed by atoms with Crippen LogP contribution in [0.2, 0.25) is 5.02 Å². The van der Waals surface area contributed by atoms with Gasteiger partial charge in [0.25, 0.3) is 5.91 Å². The minimum absolute atomic E-state index is 0.0300. The normalized spacial score (nSPS) is 15.2. The van der Waals surface area contributed by atoms with Crippen LogP contribution >= 0.6 is 27.5 Å². The molecular weight excluding hydrogens is 460 g/mol. The molecule has 2 aliphatic rings. The Morgan fingerprint density at radius 1 is 1.10 bits per heavy atom. The van der Waals surface area contributed by atoms with Crippen molar-refractivity contribution in [2.24, 2.45) is 0 Å². The van der Waals surface area contributed by atoms with Crippen molar-refractivity contribution >= 4 is 45.1 Å². The third-order valence-electron chi connectivity index (χ3n) is 5.73. The van der Waals surface area contributed by atoms with Crippen molar-refractivity contribution in [2.45, 2.75) is 19.3 Å². The Balaban J connectivity index is 1.62. The molecule has 0 bridgehead atoms. The molecule has 0 aromatic heterocycles. The number of carbonyl (C=O) groups excluding carboxylic acids is 1. The number of amides is 1. The molecule has 0 heterocycles. The monoisotopic (exact) mass is 485 g/mol. The van der Waals surface area contributed by atoms with Gasteiger partial charge in [0, 0.05) is 22.5 Å². The Kier molecular flexibility index (Phi) is 5.93. The van der Waals surface area contributed by atoms with Crippen LogP contribution < -0.4 is 5.32 Å². The van der Waals surface area contributed by atoms with Crippen molar-refractivity contribution < 1.29 is 9.28 Å². The second-order valence-corrected chi connectivity index (χ2v) is 10.5. The van der Waals surface area contributed by atoms with Crippen molar-refractivity contribution in [1.82, 2.24) is 5.32 Å². The summed E-state index contributed by atoms with van der Waals surface area (Å²) in [5.41, 5.74) is 7.85. The van der Waals surface area contributed by atoms with Crippen molar-refractivity contribution in [3.8, 4) is 0 Å². The Morgan fingerprint density at radius 2 is 1.90 bits per heavy atom. The van der Waals surface area contributed by atoms with E-state index in [-0.39, 0.29) is 5.91 Å². The second-order valence-electron chi connectivity index (χ2n) is 9.14. The van der Waals surface area contributed by atoms with E-state index in [4.69, 9.17) is 11.6 Å². The molecule has 0 aliphatic heterocycles. The van der Waals surface area contributed by atoms with Gasteiger partial charge < -0.3 is 9.80 Å². The number of halogens is 2. The fraction of sp³-hybridized carbons (Fsp3) is 0.320. The highest BCUT2D eigenvalue weighted by atomic mass is 79.9. The van der Waals surface area contributed by atoms with E-state index >= 15 is 0 Å². The SMILES string of the molecule is C[N+](C)(C)CCCNC(=O)C1=C(C2=Cc3cc(Cl)ccc3C2)Cc2cc(Br)ccc21. The van der Waals surface area contributed by atoms with E-state index in [0.717, 1.165) is 62.1 Å². The van der Waals surface area contributed by atoms with Crippen LogP contribution in [0.1, 0.15) is 28.7 Å². The molecule has 1 N–H and O–H groups in total. The van der Waals surface area contributed by atoms with Crippen molar-refractivity contribution in [3.63, 3.8) is 0 Å². The lowest BCUT2D eigenvalue weighted by Gasteiger charge is -2.23. The zero-order valence-corrected chi connectivity index (χ0v) is 20.0. The van der Waals surface area contributed by atoms with Gasteiger partial charge in [-0.3, -0.25) is 4.79 Å². The molecule has 156 valence electrons. The van der Waals surface area contributed by atoms with E-state index in [1.165, 1.54) is 16.7 Å². The van der Waals surface area contributed by atoms with Gasteiger partial charge in [0.1, 0.15) is 0 Å². The lowest BCUT2D eigenvalue weighted by molar-refractivity contribution is -0.870. The van der Waals surface area contributed by atoms with Gasteiger partial charge in [-0.1, -0.05) is 45.7 Å². The third kappa shape index (κ3) is 4.56. The molecule has 4 rings (SSSR count). The van der Waals surface area contributed by atoms with Crippen LogP contribution in [-0.2, 0) is 17.6 Å². The molecule has 0 radical (unpaired) electrons. The number of hydrogen-bond donors (Lipinski definition) is 1. The van der Waals surface area contributed by atoms with Crippen molar-refractivity contribution in [3.05, 3.63) is 79.3 Å². The van der Waals surface area contributed by atoms with Gasteiger partial charge in [0.15, 0.2) is 0 Å². The molecule has 0 spiro atoms. The fourth-order valence-electron chi connectivity index (χ4n) is 4.27. The zero-order valence-electron chi connectivity index (χ0n) is 17.7. The summed E-state index contributed by atoms with van der Waals surface area (Å²) in [7, 11) is 6.51. The molecule has 0 saturated heterocycles. The number of hydrogen-bond acceptors (Lipinski definition) is 1. The van der Waals surface area contributed by atoms with Gasteiger partial charge in [-0.2, -0.15) is 0 Å². The van der Waals surface area contributed by atoms with Crippen LogP contribution in [0.4, 0.5) is 0 Å². The molecule has 2 aromatic rings. The highest BCUT2D eigenvalue weighted by molar-refractivity contribution is 9.10. The van der Waals surface area contributed by atoms with Crippen LogP contribution in [0, 0.1) is 0 Å². The number of fused-ring (bicyclic) bond motifs is 2. The molecule has 2 aliphatic carbocycles. The molecule has 3 nitrogen and oxygen atoms in total. The minimum Gasteiger partial charge on any atom is -0.352 e. The van der Waals surface area contributed by atoms with Crippen molar-refractivity contribution in [2.75, 3.05) is 34.2 Å². The van der Waals surface area contributed by atoms with E-state index in [0.29, 0.717) is 6.54 Å². The van der Waals surface area contributed by atoms with Gasteiger partial charge in [-0.25, -0.2) is 0 Å². The average Bonchev–Trinajstić information content (AvgIpc) is 3.24. The van der Waals surface area contributed by atoms with Crippen LogP contribution in [0.25, 0.3) is 11.6 Å². The van der Waals surface area contributed by atoms with Gasteiger partial charge in [-0.15, -0.1) is 0 Å². The highest BCUT2D eigenvalue weighted by Gasteiger charge is 2.30. The molecule has 1 amide bonds. The number of benzene rings is 2. The number of rotatable bonds is 6. The molecule has 0 fully saturated rings. The molecule has 0 unspecified atom stereocenters. The Labute approximate surface area is 192 Å². The first-order chi connectivity index (χ1) is 14.2. The predicted octanol–water partition coefficient (Wildman–Crippen LogP) is 5.26. The quantitative estimate of drug-likeness (QED) is 0.438. The van der Waals surface area contributed by atoms with Gasteiger partial charge in [0.2, 0.25) is 0 Å². The van der Waals surface area contributed by atoms with Gasteiger partial charge in [0.05, 0.1) is 33.3 Å². The number of allylic oxidation sites excluding steroid dienone is 2. The third-order valence-corrected chi connectivity index (χ3v) is 6.46. The zero-order chi connectivity index (χ0) is 21.5. The minimum atomic E-state index is 0.0300. The smallest absolute Gasteiger partial charge is 0.252 e. The van der Waals surface area contributed by atoms with Crippen molar-refractivity contribution in [1.29, 1.82) is 0 Å². The van der Waals surface area contributed by atoms with E-state index in [2.05, 4.69) is 66.7 Å². The summed E-state index contributed by atoms with van der Waals surface area (Å²) in [4.78, 5) is 13.3. The summed E-state index contributed by atoms with van der Waals surface area (Å²) in [6, 6.07) is 12.2. The maximum absolute atomic E-state index is 13.3. The maximum atomic E-state index is 13.3. The maximum Gasteiger partial charge on any atom is 0.252 e. The van der Waals surface area contributed by atoms with Gasteiger partial charge in [-0.05, 0) is 70.5 Å². The summed E-state index contributed by atoms with van der Waals surface area (Å²) in [6.45, 7) is 1.71. The first-order valence-corrected chi connectivity index (χ1v) is 11.5. The highest BCUT2D eigenvalue weighted by Crippen LogP contribution is 2.42. The van der Waals surface area contributed by atoms with E-state index in [1.807, 2.05) is 18.2 Å². The molecule has 2 aromatic carbocycles. The number of carbonyl (C=O) groups is 1. The Bertz CT molecular complexity index is 1080. The van der Waals surface area contributed by atoms with Crippen LogP contribution in [-0.4, -0.2) is 44.6 Å². The van der Waals surface area contributed by atoms with E-state index in [9.17, 15) is 4.79 Å². The average molecular weight is 487 g/mol. The summed E-state index contributed by atoms with van der Waals surface area (Å²) < 4.78 is 1.94. The van der Waals surface area contributed by atoms with E-state index in [1.54, 1.807) is 0 Å².